The molecule has 160 valence electrons. The van der Waals surface area contributed by atoms with Crippen molar-refractivity contribution in [2.75, 3.05) is 0 Å². The van der Waals surface area contributed by atoms with Gasteiger partial charge in [-0.15, -0.1) is 0 Å². The van der Waals surface area contributed by atoms with Crippen LogP contribution in [-0.2, 0) is 22.2 Å². The molecule has 1 aliphatic carbocycles. The molecular formula is C27H34O3. The first kappa shape index (κ1) is 22.3. The summed E-state index contributed by atoms with van der Waals surface area (Å²) in [6.45, 7) is 13.0. The largest absolute Gasteiger partial charge is 0.423 e. The summed E-state index contributed by atoms with van der Waals surface area (Å²) in [6.07, 6.45) is 3.00. The Morgan fingerprint density at radius 2 is 1.57 bits per heavy atom. The van der Waals surface area contributed by atoms with Gasteiger partial charge in [-0.2, -0.15) is 0 Å². The van der Waals surface area contributed by atoms with Crippen LogP contribution in [0.3, 0.4) is 0 Å². The van der Waals surface area contributed by atoms with E-state index in [9.17, 15) is 9.90 Å². The lowest BCUT2D eigenvalue weighted by molar-refractivity contribution is -0.130. The fraction of sp³-hybridized carbons (Fsp3) is 0.444. The summed E-state index contributed by atoms with van der Waals surface area (Å²) >= 11 is 0. The monoisotopic (exact) mass is 406 g/mol. The summed E-state index contributed by atoms with van der Waals surface area (Å²) in [4.78, 5) is 12.9. The molecule has 3 rings (SSSR count). The number of hydrogen-bond acceptors (Lipinski definition) is 3. The van der Waals surface area contributed by atoms with Crippen LogP contribution in [0.2, 0.25) is 0 Å². The van der Waals surface area contributed by atoms with Gasteiger partial charge in [0.2, 0.25) is 0 Å². The Labute approximate surface area is 180 Å². The van der Waals surface area contributed by atoms with Crippen LogP contribution >= 0.6 is 0 Å². The first-order valence-electron chi connectivity index (χ1n) is 10.9. The van der Waals surface area contributed by atoms with Crippen molar-refractivity contribution < 1.29 is 14.6 Å². The Bertz CT molecular complexity index is 962. The van der Waals surface area contributed by atoms with Crippen molar-refractivity contribution in [2.45, 2.75) is 78.2 Å². The quantitative estimate of drug-likeness (QED) is 0.359. The van der Waals surface area contributed by atoms with Crippen molar-refractivity contribution in [3.05, 3.63) is 70.3 Å². The SMILES string of the molecule is CC/C(=C(/C)C(=O)Oc1ccc2c(c1)C(C)(C)CCC2(C)C)c1ccc(CO)cc1. The molecule has 30 heavy (non-hydrogen) atoms. The van der Waals surface area contributed by atoms with E-state index in [1.807, 2.05) is 44.2 Å². The normalized spacial score (nSPS) is 17.7. The molecule has 3 nitrogen and oxygen atoms in total. The summed E-state index contributed by atoms with van der Waals surface area (Å²) in [7, 11) is 0. The zero-order valence-electron chi connectivity index (χ0n) is 19.1. The van der Waals surface area contributed by atoms with Gasteiger partial charge in [-0.25, -0.2) is 4.79 Å². The van der Waals surface area contributed by atoms with Gasteiger partial charge < -0.3 is 9.84 Å². The predicted octanol–water partition coefficient (Wildman–Crippen LogP) is 6.32. The van der Waals surface area contributed by atoms with Gasteiger partial charge in [-0.3, -0.25) is 0 Å². The van der Waals surface area contributed by atoms with E-state index < -0.39 is 0 Å². The molecule has 3 heteroatoms. The molecule has 0 atom stereocenters. The number of aliphatic hydroxyl groups is 1. The first-order valence-corrected chi connectivity index (χ1v) is 10.9. The maximum Gasteiger partial charge on any atom is 0.339 e. The molecule has 0 radical (unpaired) electrons. The predicted molar refractivity (Wildman–Crippen MR) is 123 cm³/mol. The molecule has 2 aromatic carbocycles. The van der Waals surface area contributed by atoms with E-state index in [0.717, 1.165) is 36.0 Å². The smallest absolute Gasteiger partial charge is 0.339 e. The van der Waals surface area contributed by atoms with Gasteiger partial charge in [-0.05, 0) is 77.0 Å². The van der Waals surface area contributed by atoms with Crippen molar-refractivity contribution >= 4 is 11.5 Å². The van der Waals surface area contributed by atoms with Gasteiger partial charge in [0.25, 0.3) is 0 Å². The van der Waals surface area contributed by atoms with Crippen molar-refractivity contribution in [3.8, 4) is 5.75 Å². The highest BCUT2D eigenvalue weighted by molar-refractivity contribution is 5.98. The lowest BCUT2D eigenvalue weighted by Gasteiger charge is -2.41. The number of ether oxygens (including phenoxy) is 1. The molecule has 0 aromatic heterocycles. The Kier molecular flexibility index (Phi) is 6.24. The van der Waals surface area contributed by atoms with E-state index in [1.165, 1.54) is 11.1 Å². The molecule has 1 aliphatic rings. The van der Waals surface area contributed by atoms with Crippen LogP contribution in [-0.4, -0.2) is 11.1 Å². The molecule has 0 spiro atoms. The summed E-state index contributed by atoms with van der Waals surface area (Å²) in [5, 5.41) is 9.25. The third-order valence-corrected chi connectivity index (χ3v) is 6.63. The number of esters is 1. The average molecular weight is 407 g/mol. The van der Waals surface area contributed by atoms with Crippen LogP contribution in [0, 0.1) is 0 Å². The van der Waals surface area contributed by atoms with Crippen molar-refractivity contribution in [1.82, 2.24) is 0 Å². The third-order valence-electron chi connectivity index (χ3n) is 6.63. The van der Waals surface area contributed by atoms with Crippen LogP contribution in [0.1, 0.15) is 83.1 Å². The second kappa shape index (κ2) is 8.39. The molecule has 0 saturated heterocycles. The molecule has 0 aliphatic heterocycles. The minimum atomic E-state index is -0.314. The van der Waals surface area contributed by atoms with Crippen LogP contribution < -0.4 is 4.74 Å². The van der Waals surface area contributed by atoms with E-state index in [0.29, 0.717) is 11.3 Å². The first-order chi connectivity index (χ1) is 14.1. The zero-order chi connectivity index (χ0) is 22.1. The molecule has 0 unspecified atom stereocenters. The van der Waals surface area contributed by atoms with Gasteiger partial charge in [0.1, 0.15) is 5.75 Å². The average Bonchev–Trinajstić information content (AvgIpc) is 2.72. The number of rotatable bonds is 5. The van der Waals surface area contributed by atoms with E-state index >= 15 is 0 Å². The standard InChI is InChI=1S/C27H34O3/c1-7-22(20-10-8-19(17-28)9-11-20)18(2)25(29)30-21-12-13-23-24(16-21)27(5,6)15-14-26(23,3)4/h8-13,16,28H,7,14-15,17H2,1-6H3/b22-18+. The summed E-state index contributed by atoms with van der Waals surface area (Å²) in [6, 6.07) is 13.8. The molecule has 0 bridgehead atoms. The number of fused-ring (bicyclic) bond motifs is 1. The molecule has 2 aromatic rings. The van der Waals surface area contributed by atoms with Crippen LogP contribution in [0.15, 0.2) is 48.0 Å². The van der Waals surface area contributed by atoms with Crippen molar-refractivity contribution in [1.29, 1.82) is 0 Å². The molecule has 0 saturated carbocycles. The minimum absolute atomic E-state index is 0.0119. The highest BCUT2D eigenvalue weighted by Gasteiger charge is 2.37. The number of allylic oxidation sites excluding steroid dienone is 1. The Morgan fingerprint density at radius 3 is 2.13 bits per heavy atom. The second-order valence-electron chi connectivity index (χ2n) is 9.68. The van der Waals surface area contributed by atoms with Crippen LogP contribution in [0.25, 0.3) is 5.57 Å². The Morgan fingerprint density at radius 1 is 0.967 bits per heavy atom. The van der Waals surface area contributed by atoms with Gasteiger partial charge in [0, 0.05) is 5.57 Å². The minimum Gasteiger partial charge on any atom is -0.423 e. The summed E-state index contributed by atoms with van der Waals surface area (Å²) < 4.78 is 5.82. The molecule has 0 fully saturated rings. The van der Waals surface area contributed by atoms with Gasteiger partial charge in [0.15, 0.2) is 0 Å². The van der Waals surface area contributed by atoms with Crippen LogP contribution in [0.4, 0.5) is 0 Å². The number of benzene rings is 2. The summed E-state index contributed by atoms with van der Waals surface area (Å²) in [5.74, 6) is 0.292. The van der Waals surface area contributed by atoms with Crippen molar-refractivity contribution in [2.24, 2.45) is 0 Å². The highest BCUT2D eigenvalue weighted by Crippen LogP contribution is 2.46. The highest BCUT2D eigenvalue weighted by atomic mass is 16.5. The lowest BCUT2D eigenvalue weighted by atomic mass is 9.63. The van der Waals surface area contributed by atoms with Gasteiger partial charge in [0.05, 0.1) is 6.61 Å². The van der Waals surface area contributed by atoms with E-state index in [2.05, 4.69) is 39.8 Å². The third kappa shape index (κ3) is 4.37. The topological polar surface area (TPSA) is 46.5 Å². The zero-order valence-corrected chi connectivity index (χ0v) is 19.1. The van der Waals surface area contributed by atoms with E-state index in [1.54, 1.807) is 0 Å². The number of carbonyl (C=O) groups is 1. The fourth-order valence-corrected chi connectivity index (χ4v) is 4.44. The Balaban J connectivity index is 1.90. The second-order valence-corrected chi connectivity index (χ2v) is 9.68. The molecular weight excluding hydrogens is 372 g/mol. The van der Waals surface area contributed by atoms with E-state index in [4.69, 9.17) is 4.74 Å². The van der Waals surface area contributed by atoms with Crippen LogP contribution in [0.5, 0.6) is 5.75 Å². The molecule has 1 N–H and O–H groups in total. The maximum absolute atomic E-state index is 12.9. The Hall–Kier alpha value is -2.39. The van der Waals surface area contributed by atoms with Gasteiger partial charge >= 0.3 is 5.97 Å². The number of aliphatic hydroxyl groups excluding tert-OH is 1. The van der Waals surface area contributed by atoms with Gasteiger partial charge in [-0.1, -0.05) is 65.0 Å². The number of hydrogen-bond donors (Lipinski definition) is 1. The fourth-order valence-electron chi connectivity index (χ4n) is 4.44. The van der Waals surface area contributed by atoms with E-state index in [-0.39, 0.29) is 23.4 Å². The lowest BCUT2D eigenvalue weighted by Crippen LogP contribution is -2.33. The number of carbonyl (C=O) groups excluding carboxylic acids is 1. The molecule has 0 amide bonds. The maximum atomic E-state index is 12.9. The molecule has 0 heterocycles. The van der Waals surface area contributed by atoms with Crippen molar-refractivity contribution in [3.63, 3.8) is 0 Å². The summed E-state index contributed by atoms with van der Waals surface area (Å²) in [5.41, 5.74) is 6.26.